The third-order valence-corrected chi connectivity index (χ3v) is 2.68. The molecular formula is C14H17FN2O2. The zero-order chi connectivity index (χ0) is 13.7. The number of hydrogen-bond acceptors (Lipinski definition) is 3. The standard InChI is InChI=1S/C14H17FN2O2/c1-3-6-17-9-12(8-16-17)19-10-11-4-5-14(18-2)13(15)7-11/h4-5,7-9H,3,6,10H2,1-2H3. The van der Waals surface area contributed by atoms with E-state index in [0.717, 1.165) is 18.5 Å². The minimum absolute atomic E-state index is 0.236. The SMILES string of the molecule is CCCn1cc(OCc2ccc(OC)c(F)c2)cn1. The fourth-order valence-electron chi connectivity index (χ4n) is 1.74. The van der Waals surface area contributed by atoms with Crippen LogP contribution in [-0.2, 0) is 13.2 Å². The molecule has 0 aliphatic carbocycles. The molecule has 0 bridgehead atoms. The van der Waals surface area contributed by atoms with Gasteiger partial charge in [0.2, 0.25) is 0 Å². The molecule has 0 saturated carbocycles. The van der Waals surface area contributed by atoms with E-state index in [1.54, 1.807) is 18.3 Å². The summed E-state index contributed by atoms with van der Waals surface area (Å²) < 4.78 is 25.7. The second-order valence-electron chi connectivity index (χ2n) is 4.20. The molecular weight excluding hydrogens is 247 g/mol. The van der Waals surface area contributed by atoms with Crippen LogP contribution < -0.4 is 9.47 Å². The molecule has 1 aromatic carbocycles. The Morgan fingerprint density at radius 1 is 1.37 bits per heavy atom. The Bertz CT molecular complexity index is 540. The summed E-state index contributed by atoms with van der Waals surface area (Å²) >= 11 is 0. The van der Waals surface area contributed by atoms with Gasteiger partial charge < -0.3 is 9.47 Å². The van der Waals surface area contributed by atoms with Crippen molar-refractivity contribution in [2.24, 2.45) is 0 Å². The number of aryl methyl sites for hydroxylation is 1. The molecule has 0 spiro atoms. The Hall–Kier alpha value is -2.04. The van der Waals surface area contributed by atoms with Crippen molar-refractivity contribution in [1.29, 1.82) is 0 Å². The van der Waals surface area contributed by atoms with Crippen LogP contribution in [0.25, 0.3) is 0 Å². The van der Waals surface area contributed by atoms with Crippen LogP contribution in [-0.4, -0.2) is 16.9 Å². The van der Waals surface area contributed by atoms with Gasteiger partial charge in [-0.1, -0.05) is 13.0 Å². The van der Waals surface area contributed by atoms with Crippen LogP contribution >= 0.6 is 0 Å². The Morgan fingerprint density at radius 3 is 2.89 bits per heavy atom. The van der Waals surface area contributed by atoms with E-state index in [1.165, 1.54) is 13.2 Å². The molecule has 2 rings (SSSR count). The highest BCUT2D eigenvalue weighted by atomic mass is 19.1. The van der Waals surface area contributed by atoms with Gasteiger partial charge in [-0.05, 0) is 24.1 Å². The van der Waals surface area contributed by atoms with Crippen LogP contribution in [0.4, 0.5) is 4.39 Å². The molecule has 0 aliphatic rings. The van der Waals surface area contributed by atoms with Crippen molar-refractivity contribution >= 4 is 0 Å². The quantitative estimate of drug-likeness (QED) is 0.804. The summed E-state index contributed by atoms with van der Waals surface area (Å²) in [5, 5.41) is 4.16. The minimum atomic E-state index is -0.384. The Labute approximate surface area is 111 Å². The first kappa shape index (κ1) is 13.4. The predicted molar refractivity (Wildman–Crippen MR) is 69.8 cm³/mol. The van der Waals surface area contributed by atoms with Gasteiger partial charge in [0.1, 0.15) is 6.61 Å². The van der Waals surface area contributed by atoms with Crippen molar-refractivity contribution in [2.45, 2.75) is 26.5 Å². The maximum Gasteiger partial charge on any atom is 0.165 e. The van der Waals surface area contributed by atoms with Crippen LogP contribution in [0, 0.1) is 5.82 Å². The van der Waals surface area contributed by atoms with Gasteiger partial charge in [0.15, 0.2) is 17.3 Å². The molecule has 2 aromatic rings. The molecule has 1 aromatic heterocycles. The summed E-state index contributed by atoms with van der Waals surface area (Å²) in [7, 11) is 1.44. The van der Waals surface area contributed by atoms with Gasteiger partial charge >= 0.3 is 0 Å². The summed E-state index contributed by atoms with van der Waals surface area (Å²) in [5.74, 6) is 0.537. The largest absolute Gasteiger partial charge is 0.494 e. The second-order valence-corrected chi connectivity index (χ2v) is 4.20. The topological polar surface area (TPSA) is 36.3 Å². The molecule has 0 fully saturated rings. The number of rotatable bonds is 6. The predicted octanol–water partition coefficient (Wildman–Crippen LogP) is 3.02. The molecule has 19 heavy (non-hydrogen) atoms. The van der Waals surface area contributed by atoms with E-state index in [1.807, 2.05) is 10.9 Å². The highest BCUT2D eigenvalue weighted by molar-refractivity contribution is 5.29. The minimum Gasteiger partial charge on any atom is -0.494 e. The Balaban J connectivity index is 1.95. The van der Waals surface area contributed by atoms with Crippen LogP contribution in [0.2, 0.25) is 0 Å². The van der Waals surface area contributed by atoms with E-state index in [0.29, 0.717) is 12.4 Å². The van der Waals surface area contributed by atoms with Gasteiger partial charge in [-0.15, -0.1) is 0 Å². The summed E-state index contributed by atoms with van der Waals surface area (Å²) in [6.45, 7) is 3.25. The number of methoxy groups -OCH3 is 1. The van der Waals surface area contributed by atoms with Crippen LogP contribution in [0.3, 0.4) is 0 Å². The fourth-order valence-corrected chi connectivity index (χ4v) is 1.74. The molecule has 4 nitrogen and oxygen atoms in total. The second kappa shape index (κ2) is 6.22. The van der Waals surface area contributed by atoms with Crippen molar-refractivity contribution in [3.8, 4) is 11.5 Å². The summed E-state index contributed by atoms with van der Waals surface area (Å²) in [5.41, 5.74) is 0.751. The van der Waals surface area contributed by atoms with E-state index in [2.05, 4.69) is 12.0 Å². The van der Waals surface area contributed by atoms with Crippen molar-refractivity contribution in [1.82, 2.24) is 9.78 Å². The lowest BCUT2D eigenvalue weighted by molar-refractivity contribution is 0.304. The van der Waals surface area contributed by atoms with E-state index in [4.69, 9.17) is 9.47 Å². The molecule has 0 N–H and O–H groups in total. The first-order chi connectivity index (χ1) is 9.22. The maximum absolute atomic E-state index is 13.5. The Kier molecular flexibility index (Phi) is 4.39. The Morgan fingerprint density at radius 2 is 2.21 bits per heavy atom. The third kappa shape index (κ3) is 3.47. The molecule has 0 aliphatic heterocycles. The molecule has 0 atom stereocenters. The first-order valence-corrected chi connectivity index (χ1v) is 6.20. The van der Waals surface area contributed by atoms with Crippen LogP contribution in [0.15, 0.2) is 30.6 Å². The summed E-state index contributed by atoms with van der Waals surface area (Å²) in [4.78, 5) is 0. The number of benzene rings is 1. The van der Waals surface area contributed by atoms with Gasteiger partial charge in [0.25, 0.3) is 0 Å². The number of halogens is 1. The fraction of sp³-hybridized carbons (Fsp3) is 0.357. The van der Waals surface area contributed by atoms with Gasteiger partial charge in [-0.3, -0.25) is 4.68 Å². The van der Waals surface area contributed by atoms with Crippen LogP contribution in [0.5, 0.6) is 11.5 Å². The molecule has 0 saturated heterocycles. The number of nitrogens with zero attached hydrogens (tertiary/aromatic N) is 2. The normalized spacial score (nSPS) is 10.5. The highest BCUT2D eigenvalue weighted by Gasteiger charge is 2.05. The van der Waals surface area contributed by atoms with Gasteiger partial charge in [0.05, 0.1) is 19.5 Å². The van der Waals surface area contributed by atoms with E-state index >= 15 is 0 Å². The summed E-state index contributed by atoms with van der Waals surface area (Å²) in [6, 6.07) is 4.78. The van der Waals surface area contributed by atoms with Crippen molar-refractivity contribution < 1.29 is 13.9 Å². The first-order valence-electron chi connectivity index (χ1n) is 6.20. The van der Waals surface area contributed by atoms with Crippen molar-refractivity contribution in [3.63, 3.8) is 0 Å². The lowest BCUT2D eigenvalue weighted by Gasteiger charge is -2.06. The van der Waals surface area contributed by atoms with Gasteiger partial charge in [-0.2, -0.15) is 5.10 Å². The zero-order valence-corrected chi connectivity index (χ0v) is 11.1. The molecule has 102 valence electrons. The molecule has 1 heterocycles. The smallest absolute Gasteiger partial charge is 0.165 e. The molecule has 0 amide bonds. The average Bonchev–Trinajstić information content (AvgIpc) is 2.85. The number of aromatic nitrogens is 2. The van der Waals surface area contributed by atoms with E-state index in [9.17, 15) is 4.39 Å². The molecule has 0 unspecified atom stereocenters. The molecule has 5 heteroatoms. The van der Waals surface area contributed by atoms with Gasteiger partial charge in [-0.25, -0.2) is 4.39 Å². The van der Waals surface area contributed by atoms with Crippen molar-refractivity contribution in [2.75, 3.05) is 7.11 Å². The van der Waals surface area contributed by atoms with Gasteiger partial charge in [0, 0.05) is 6.54 Å². The zero-order valence-electron chi connectivity index (χ0n) is 11.1. The lowest BCUT2D eigenvalue weighted by Crippen LogP contribution is -1.97. The average molecular weight is 264 g/mol. The number of ether oxygens (including phenoxy) is 2. The lowest BCUT2D eigenvalue weighted by atomic mass is 10.2. The van der Waals surface area contributed by atoms with E-state index in [-0.39, 0.29) is 11.6 Å². The monoisotopic (exact) mass is 264 g/mol. The van der Waals surface area contributed by atoms with Crippen molar-refractivity contribution in [3.05, 3.63) is 42.0 Å². The highest BCUT2D eigenvalue weighted by Crippen LogP contribution is 2.19. The summed E-state index contributed by atoms with van der Waals surface area (Å²) in [6.07, 6.45) is 4.52. The molecule has 0 radical (unpaired) electrons. The third-order valence-electron chi connectivity index (χ3n) is 2.68. The number of hydrogen-bond donors (Lipinski definition) is 0. The van der Waals surface area contributed by atoms with E-state index < -0.39 is 0 Å². The maximum atomic E-state index is 13.5. The van der Waals surface area contributed by atoms with Crippen LogP contribution in [0.1, 0.15) is 18.9 Å².